The third-order valence-electron chi connectivity index (χ3n) is 3.01. The summed E-state index contributed by atoms with van der Waals surface area (Å²) >= 11 is 0. The largest absolute Gasteiger partial charge is 0.350 e. The van der Waals surface area contributed by atoms with Gasteiger partial charge < -0.3 is 10.2 Å². The summed E-state index contributed by atoms with van der Waals surface area (Å²) in [7, 11) is -0.371. The second-order valence-corrected chi connectivity index (χ2v) is 8.72. The normalized spacial score (nSPS) is 11.8. The minimum atomic E-state index is -3.64. The van der Waals surface area contributed by atoms with Crippen molar-refractivity contribution < 1.29 is 18.0 Å². The summed E-state index contributed by atoms with van der Waals surface area (Å²) < 4.78 is 25.1. The van der Waals surface area contributed by atoms with Gasteiger partial charge in [0.15, 0.2) is 0 Å². The molecule has 24 heavy (non-hydrogen) atoms. The Bertz CT molecular complexity index is 704. The molecule has 1 rings (SSSR count). The molecule has 0 aliphatic heterocycles. The molecular weight excluding hydrogens is 330 g/mol. The van der Waals surface area contributed by atoms with Crippen molar-refractivity contribution in [1.82, 2.24) is 10.2 Å². The lowest BCUT2D eigenvalue weighted by molar-refractivity contribution is -0.121. The van der Waals surface area contributed by atoms with Gasteiger partial charge in [0, 0.05) is 25.2 Å². The number of carbonyl (C=O) groups is 2. The monoisotopic (exact) mass is 355 g/mol. The van der Waals surface area contributed by atoms with Gasteiger partial charge in [-0.3, -0.25) is 13.9 Å². The van der Waals surface area contributed by atoms with E-state index in [0.717, 1.165) is 10.6 Å². The highest BCUT2D eigenvalue weighted by molar-refractivity contribution is 7.92. The topological polar surface area (TPSA) is 86.8 Å². The number of sulfonamides is 1. The fourth-order valence-electron chi connectivity index (χ4n) is 2.02. The average molecular weight is 355 g/mol. The SMILES string of the molecule is CN(C)C(=O)c1ccc(N(CC(=O)NC(C)(C)C)S(C)(=O)=O)cc1. The summed E-state index contributed by atoms with van der Waals surface area (Å²) in [5.74, 6) is -0.584. The van der Waals surface area contributed by atoms with E-state index in [2.05, 4.69) is 5.32 Å². The standard InChI is InChI=1S/C16H25N3O4S/c1-16(2,3)17-14(20)11-19(24(6,22)23)13-9-7-12(8-10-13)15(21)18(4)5/h7-10H,11H2,1-6H3,(H,17,20). The molecule has 2 amide bonds. The van der Waals surface area contributed by atoms with E-state index in [9.17, 15) is 18.0 Å². The van der Waals surface area contributed by atoms with Crippen LogP contribution in [0.3, 0.4) is 0 Å². The van der Waals surface area contributed by atoms with Crippen molar-refractivity contribution in [3.63, 3.8) is 0 Å². The minimum Gasteiger partial charge on any atom is -0.350 e. The van der Waals surface area contributed by atoms with Gasteiger partial charge in [-0.15, -0.1) is 0 Å². The molecule has 0 spiro atoms. The zero-order valence-corrected chi connectivity index (χ0v) is 15.8. The van der Waals surface area contributed by atoms with Gasteiger partial charge in [-0.05, 0) is 45.0 Å². The van der Waals surface area contributed by atoms with Crippen molar-refractivity contribution in [3.8, 4) is 0 Å². The molecule has 0 aliphatic rings. The second kappa shape index (κ2) is 7.21. The van der Waals surface area contributed by atoms with Crippen LogP contribution in [-0.2, 0) is 14.8 Å². The molecule has 0 atom stereocenters. The first-order chi connectivity index (χ1) is 10.8. The van der Waals surface area contributed by atoms with Crippen molar-refractivity contribution in [1.29, 1.82) is 0 Å². The molecule has 1 aromatic rings. The van der Waals surface area contributed by atoms with Crippen LogP contribution in [0.4, 0.5) is 5.69 Å². The maximum absolute atomic E-state index is 12.1. The molecule has 0 bridgehead atoms. The van der Waals surface area contributed by atoms with Crippen LogP contribution in [0.15, 0.2) is 24.3 Å². The number of anilines is 1. The smallest absolute Gasteiger partial charge is 0.253 e. The van der Waals surface area contributed by atoms with Crippen molar-refractivity contribution in [2.75, 3.05) is 31.2 Å². The number of nitrogens with zero attached hydrogens (tertiary/aromatic N) is 2. The molecule has 1 aromatic carbocycles. The van der Waals surface area contributed by atoms with Gasteiger partial charge in [0.2, 0.25) is 15.9 Å². The predicted molar refractivity (Wildman–Crippen MR) is 94.5 cm³/mol. The first kappa shape index (κ1) is 20.0. The third-order valence-corrected chi connectivity index (χ3v) is 4.15. The Morgan fingerprint density at radius 1 is 1.08 bits per heavy atom. The van der Waals surface area contributed by atoms with E-state index in [1.165, 1.54) is 29.2 Å². The first-order valence-electron chi connectivity index (χ1n) is 7.42. The van der Waals surface area contributed by atoms with Crippen molar-refractivity contribution in [2.24, 2.45) is 0 Å². The van der Waals surface area contributed by atoms with Gasteiger partial charge in [0.1, 0.15) is 6.54 Å². The van der Waals surface area contributed by atoms with Crippen LogP contribution in [0.1, 0.15) is 31.1 Å². The Hall–Kier alpha value is -2.09. The minimum absolute atomic E-state index is 0.182. The Morgan fingerprint density at radius 2 is 1.58 bits per heavy atom. The molecule has 0 saturated carbocycles. The average Bonchev–Trinajstić information content (AvgIpc) is 2.41. The first-order valence-corrected chi connectivity index (χ1v) is 9.26. The number of hydrogen-bond acceptors (Lipinski definition) is 4. The van der Waals surface area contributed by atoms with Gasteiger partial charge in [-0.2, -0.15) is 0 Å². The summed E-state index contributed by atoms with van der Waals surface area (Å²) in [5, 5.41) is 2.73. The van der Waals surface area contributed by atoms with E-state index in [-0.39, 0.29) is 12.5 Å². The molecule has 8 heteroatoms. The predicted octanol–water partition coefficient (Wildman–Crippen LogP) is 1.07. The summed E-state index contributed by atoms with van der Waals surface area (Å²) in [6.45, 7) is 5.13. The molecular formula is C16H25N3O4S. The van der Waals surface area contributed by atoms with Crippen molar-refractivity contribution in [3.05, 3.63) is 29.8 Å². The number of rotatable bonds is 5. The Kier molecular flexibility index (Phi) is 5.99. The van der Waals surface area contributed by atoms with E-state index in [1.807, 2.05) is 20.8 Å². The van der Waals surface area contributed by atoms with Crippen LogP contribution < -0.4 is 9.62 Å². The quantitative estimate of drug-likeness (QED) is 0.856. The fourth-order valence-corrected chi connectivity index (χ4v) is 2.87. The second-order valence-electron chi connectivity index (χ2n) is 6.81. The molecule has 1 N–H and O–H groups in total. The lowest BCUT2D eigenvalue weighted by atomic mass is 10.1. The summed E-state index contributed by atoms with van der Waals surface area (Å²) in [5.41, 5.74) is 0.315. The third kappa shape index (κ3) is 5.84. The number of benzene rings is 1. The fraction of sp³-hybridized carbons (Fsp3) is 0.500. The molecule has 0 aromatic heterocycles. The van der Waals surface area contributed by atoms with Crippen molar-refractivity contribution >= 4 is 27.5 Å². The lowest BCUT2D eigenvalue weighted by Gasteiger charge is -2.26. The number of nitrogens with one attached hydrogen (secondary N) is 1. The lowest BCUT2D eigenvalue weighted by Crippen LogP contribution is -2.47. The van der Waals surface area contributed by atoms with E-state index < -0.39 is 21.5 Å². The summed E-state index contributed by atoms with van der Waals surface area (Å²) in [4.78, 5) is 25.4. The Labute approximate surface area is 143 Å². The zero-order chi connectivity index (χ0) is 18.7. The Balaban J connectivity index is 3.06. The zero-order valence-electron chi connectivity index (χ0n) is 15.0. The van der Waals surface area contributed by atoms with Gasteiger partial charge in [-0.25, -0.2) is 8.42 Å². The summed E-state index contributed by atoms with van der Waals surface area (Å²) in [6.07, 6.45) is 1.04. The molecule has 0 radical (unpaired) electrons. The molecule has 0 saturated heterocycles. The van der Waals surface area contributed by atoms with E-state index >= 15 is 0 Å². The van der Waals surface area contributed by atoms with E-state index in [4.69, 9.17) is 0 Å². The van der Waals surface area contributed by atoms with E-state index in [0.29, 0.717) is 11.3 Å². The summed E-state index contributed by atoms with van der Waals surface area (Å²) in [6, 6.07) is 6.11. The molecule has 0 fully saturated rings. The molecule has 7 nitrogen and oxygen atoms in total. The highest BCUT2D eigenvalue weighted by atomic mass is 32.2. The molecule has 0 heterocycles. The van der Waals surface area contributed by atoms with Crippen LogP contribution in [-0.4, -0.2) is 57.6 Å². The Morgan fingerprint density at radius 3 is 1.96 bits per heavy atom. The highest BCUT2D eigenvalue weighted by Crippen LogP contribution is 2.19. The number of carbonyl (C=O) groups excluding carboxylic acids is 2. The van der Waals surface area contributed by atoms with Gasteiger partial charge >= 0.3 is 0 Å². The van der Waals surface area contributed by atoms with Gasteiger partial charge in [0.05, 0.1) is 11.9 Å². The van der Waals surface area contributed by atoms with E-state index in [1.54, 1.807) is 14.1 Å². The molecule has 0 unspecified atom stereocenters. The number of amides is 2. The van der Waals surface area contributed by atoms with Crippen LogP contribution in [0.5, 0.6) is 0 Å². The van der Waals surface area contributed by atoms with Crippen LogP contribution in [0.2, 0.25) is 0 Å². The number of hydrogen-bond donors (Lipinski definition) is 1. The van der Waals surface area contributed by atoms with Crippen LogP contribution in [0, 0.1) is 0 Å². The molecule has 0 aliphatic carbocycles. The molecule has 134 valence electrons. The van der Waals surface area contributed by atoms with Gasteiger partial charge in [-0.1, -0.05) is 0 Å². The maximum Gasteiger partial charge on any atom is 0.253 e. The van der Waals surface area contributed by atoms with Crippen LogP contribution >= 0.6 is 0 Å². The maximum atomic E-state index is 12.1. The van der Waals surface area contributed by atoms with Crippen molar-refractivity contribution in [2.45, 2.75) is 26.3 Å². The van der Waals surface area contributed by atoms with Gasteiger partial charge in [0.25, 0.3) is 5.91 Å². The highest BCUT2D eigenvalue weighted by Gasteiger charge is 2.23. The van der Waals surface area contributed by atoms with Crippen LogP contribution in [0.25, 0.3) is 0 Å².